The highest BCUT2D eigenvalue weighted by atomic mass is 32.1. The van der Waals surface area contributed by atoms with Gasteiger partial charge in [-0.1, -0.05) is 140 Å². The Labute approximate surface area is 316 Å². The number of nitrogens with zero attached hydrogens (tertiary/aromatic N) is 1. The molecule has 3 heterocycles. The molecule has 0 spiro atoms. The Morgan fingerprint density at radius 3 is 1.68 bits per heavy atom. The van der Waals surface area contributed by atoms with Gasteiger partial charge in [0.25, 0.3) is 0 Å². The molecule has 1 aliphatic heterocycles. The summed E-state index contributed by atoms with van der Waals surface area (Å²) in [5.74, 6) is 0. The molecule has 53 heavy (non-hydrogen) atoms. The van der Waals surface area contributed by atoms with E-state index in [1.54, 1.807) is 0 Å². The first-order valence-electron chi connectivity index (χ1n) is 17.9. The summed E-state index contributed by atoms with van der Waals surface area (Å²) >= 11 is 3.74. The van der Waals surface area contributed by atoms with Crippen molar-refractivity contribution in [3.05, 3.63) is 204 Å². The Kier molecular flexibility index (Phi) is 7.83. The van der Waals surface area contributed by atoms with Gasteiger partial charge in [0.15, 0.2) is 0 Å². The van der Waals surface area contributed by atoms with Crippen molar-refractivity contribution in [1.29, 1.82) is 0 Å². The zero-order valence-corrected chi connectivity index (χ0v) is 30.6. The van der Waals surface area contributed by atoms with Gasteiger partial charge in [-0.2, -0.15) is 0 Å². The maximum absolute atomic E-state index is 5.28. The first-order chi connectivity index (χ1) is 26.2. The van der Waals surface area contributed by atoms with Crippen molar-refractivity contribution in [2.24, 2.45) is 4.99 Å². The van der Waals surface area contributed by atoms with Crippen LogP contribution >= 0.6 is 22.7 Å². The van der Waals surface area contributed by atoms with Crippen molar-refractivity contribution in [2.75, 3.05) is 0 Å². The van der Waals surface area contributed by atoms with Gasteiger partial charge in [-0.05, 0) is 93.4 Å². The van der Waals surface area contributed by atoms with E-state index in [9.17, 15) is 0 Å². The van der Waals surface area contributed by atoms with E-state index >= 15 is 0 Å². The molecule has 7 aromatic carbocycles. The van der Waals surface area contributed by atoms with E-state index in [2.05, 4.69) is 176 Å². The number of hydrogen-bond donors (Lipinski definition) is 0. The fraction of sp³-hybridized carbons (Fsp3) is 0.0200. The van der Waals surface area contributed by atoms with Gasteiger partial charge in [-0.25, -0.2) is 4.99 Å². The quantitative estimate of drug-likeness (QED) is 0.172. The molecule has 0 radical (unpaired) electrons. The molecule has 0 amide bonds. The monoisotopic (exact) mass is 711 g/mol. The van der Waals surface area contributed by atoms with Crippen molar-refractivity contribution in [3.63, 3.8) is 0 Å². The molecule has 1 nitrogen and oxygen atoms in total. The Bertz CT molecular complexity index is 2860. The summed E-state index contributed by atoms with van der Waals surface area (Å²) in [6.07, 6.45) is 7.27. The van der Waals surface area contributed by atoms with Crippen molar-refractivity contribution >= 4 is 80.4 Å². The lowest BCUT2D eigenvalue weighted by atomic mass is 9.90. The van der Waals surface area contributed by atoms with Gasteiger partial charge in [0.1, 0.15) is 0 Å². The van der Waals surface area contributed by atoms with Crippen LogP contribution in [0.15, 0.2) is 187 Å². The second-order valence-corrected chi connectivity index (χ2v) is 15.7. The highest BCUT2D eigenvalue weighted by Gasteiger charge is 2.18. The van der Waals surface area contributed by atoms with Gasteiger partial charge >= 0.3 is 0 Å². The SMILES string of the molecule is C=C1/C=C\c2ccccc2C/C(c2ccccc2)=C\C(c2cc(-c3cccc4c3sc3ccccc34)cc(-c3cccc4c3sc3ccccc34)c2)=N1. The van der Waals surface area contributed by atoms with Crippen molar-refractivity contribution < 1.29 is 0 Å². The maximum Gasteiger partial charge on any atom is 0.0712 e. The summed E-state index contributed by atoms with van der Waals surface area (Å²) < 4.78 is 5.21. The largest absolute Gasteiger partial charge is 0.249 e. The highest BCUT2D eigenvalue weighted by Crippen LogP contribution is 2.44. The summed E-state index contributed by atoms with van der Waals surface area (Å²) in [4.78, 5) is 5.28. The molecular weight excluding hydrogens is 679 g/mol. The van der Waals surface area contributed by atoms with Crippen LogP contribution in [0.1, 0.15) is 22.3 Å². The first-order valence-corrected chi connectivity index (χ1v) is 19.6. The summed E-state index contributed by atoms with van der Waals surface area (Å²) in [6.45, 7) is 4.43. The van der Waals surface area contributed by atoms with E-state index in [4.69, 9.17) is 4.99 Å². The predicted molar refractivity (Wildman–Crippen MR) is 232 cm³/mol. The van der Waals surface area contributed by atoms with Crippen LogP contribution in [0.2, 0.25) is 0 Å². The first kappa shape index (κ1) is 31.6. The fourth-order valence-electron chi connectivity index (χ4n) is 7.71. The van der Waals surface area contributed by atoms with Crippen LogP contribution in [0.4, 0.5) is 0 Å². The maximum atomic E-state index is 5.28. The van der Waals surface area contributed by atoms with E-state index in [1.807, 2.05) is 28.7 Å². The molecule has 0 unspecified atom stereocenters. The predicted octanol–water partition coefficient (Wildman–Crippen LogP) is 14.4. The Balaban J connectivity index is 1.25. The molecular formula is C50H33NS2. The summed E-state index contributed by atoms with van der Waals surface area (Å²) in [7, 11) is 0. The molecule has 0 atom stereocenters. The molecule has 0 N–H and O–H groups in total. The average Bonchev–Trinajstić information content (AvgIpc) is 3.79. The zero-order valence-electron chi connectivity index (χ0n) is 28.9. The van der Waals surface area contributed by atoms with Crippen LogP contribution in [-0.2, 0) is 6.42 Å². The number of benzene rings is 7. The van der Waals surface area contributed by atoms with Crippen LogP contribution in [0.3, 0.4) is 0 Å². The fourth-order valence-corrected chi connectivity index (χ4v) is 10.2. The van der Waals surface area contributed by atoms with E-state index in [1.165, 1.54) is 84.9 Å². The number of allylic oxidation sites excluding steroid dienone is 3. The summed E-state index contributed by atoms with van der Waals surface area (Å²) in [5, 5.41) is 5.19. The standard InChI is InChI=1S/C50H33NS2/c1-32-25-26-34-15-5-6-16-35(34)27-36(33-13-3-2-4-14-33)31-46(51-32)39-29-37(40-19-11-21-44-42-17-7-9-23-47(42)52-49(40)44)28-38(30-39)41-20-12-22-45-43-18-8-10-24-48(43)53-50(41)45/h2-26,28-31H,1,27H2/b26-25-,36-31+,51-46?. The minimum Gasteiger partial charge on any atom is -0.249 e. The Morgan fingerprint density at radius 2 is 1.02 bits per heavy atom. The van der Waals surface area contributed by atoms with Gasteiger partial charge < -0.3 is 0 Å². The number of thiophene rings is 2. The second-order valence-electron chi connectivity index (χ2n) is 13.6. The van der Waals surface area contributed by atoms with Crippen LogP contribution in [0.25, 0.3) is 74.2 Å². The molecule has 0 aliphatic carbocycles. The van der Waals surface area contributed by atoms with Crippen molar-refractivity contribution in [2.45, 2.75) is 6.42 Å². The van der Waals surface area contributed by atoms with E-state index in [-0.39, 0.29) is 0 Å². The van der Waals surface area contributed by atoms with Gasteiger partial charge in [0, 0.05) is 45.9 Å². The Hall–Kier alpha value is -6.13. The smallest absolute Gasteiger partial charge is 0.0712 e. The van der Waals surface area contributed by atoms with E-state index in [0.29, 0.717) is 5.70 Å². The van der Waals surface area contributed by atoms with Crippen LogP contribution in [0.5, 0.6) is 0 Å². The minimum absolute atomic E-state index is 0.713. The molecule has 0 fully saturated rings. The minimum atomic E-state index is 0.713. The number of rotatable bonds is 4. The number of fused-ring (bicyclic) bond motifs is 7. The average molecular weight is 712 g/mol. The second kappa shape index (κ2) is 13.1. The van der Waals surface area contributed by atoms with Crippen molar-refractivity contribution in [1.82, 2.24) is 0 Å². The molecule has 0 saturated heterocycles. The van der Waals surface area contributed by atoms with Gasteiger partial charge in [0.2, 0.25) is 0 Å². The molecule has 2 aromatic heterocycles. The highest BCUT2D eigenvalue weighted by molar-refractivity contribution is 7.26. The Morgan fingerprint density at radius 1 is 0.472 bits per heavy atom. The molecule has 9 aromatic rings. The molecule has 10 rings (SSSR count). The third kappa shape index (κ3) is 5.75. The zero-order chi connectivity index (χ0) is 35.3. The van der Waals surface area contributed by atoms with Gasteiger partial charge in [-0.3, -0.25) is 0 Å². The summed E-state index contributed by atoms with van der Waals surface area (Å²) in [5.41, 5.74) is 12.3. The third-order valence-electron chi connectivity index (χ3n) is 10.3. The molecule has 250 valence electrons. The lowest BCUT2D eigenvalue weighted by Crippen LogP contribution is -2.04. The van der Waals surface area contributed by atoms with Crippen LogP contribution < -0.4 is 0 Å². The number of hydrogen-bond acceptors (Lipinski definition) is 3. The number of aliphatic imine (C=N–C) groups is 1. The van der Waals surface area contributed by atoms with Crippen LogP contribution in [0, 0.1) is 0 Å². The topological polar surface area (TPSA) is 12.4 Å². The van der Waals surface area contributed by atoms with E-state index in [0.717, 1.165) is 17.7 Å². The van der Waals surface area contributed by atoms with Crippen LogP contribution in [-0.4, -0.2) is 5.71 Å². The van der Waals surface area contributed by atoms with Crippen molar-refractivity contribution in [3.8, 4) is 22.3 Å². The normalized spacial score (nSPS) is 15.0. The summed E-state index contributed by atoms with van der Waals surface area (Å²) in [6, 6.07) is 57.4. The molecule has 0 bridgehead atoms. The van der Waals surface area contributed by atoms with Gasteiger partial charge in [-0.15, -0.1) is 22.7 Å². The molecule has 1 aliphatic rings. The third-order valence-corrected chi connectivity index (χ3v) is 12.7. The lowest BCUT2D eigenvalue weighted by Gasteiger charge is -2.16. The molecule has 3 heteroatoms. The lowest BCUT2D eigenvalue weighted by molar-refractivity contribution is 1.26. The van der Waals surface area contributed by atoms with E-state index < -0.39 is 0 Å². The van der Waals surface area contributed by atoms with Gasteiger partial charge in [0.05, 0.1) is 11.4 Å². The molecule has 0 saturated carbocycles.